The lowest BCUT2D eigenvalue weighted by molar-refractivity contribution is -0.136. The quantitative estimate of drug-likeness (QED) is 0.281. The van der Waals surface area contributed by atoms with Crippen LogP contribution in [0.25, 0.3) is 11.4 Å². The Hall–Kier alpha value is -4.26. The maximum absolute atomic E-state index is 13.8. The number of amides is 1. The standard InChI is InChI=1S/C20H21FN10O2/c1-30-9-7-20(33,18(30)32)15(28-22)10-24-16-5-3-4-12(25-16)13-6-8-23-19(26-13)27-14-11-31(2)29-17(14)21/h3-6,8,10-11,33H,7,9,22H2,1-2H3,(H,23,26,27)/b24-10+,28-15+. The van der Waals surface area contributed by atoms with Crippen LogP contribution in [0.5, 0.6) is 0 Å². The molecular weight excluding hydrogens is 431 g/mol. The van der Waals surface area contributed by atoms with Crippen LogP contribution in [0.3, 0.4) is 0 Å². The highest BCUT2D eigenvalue weighted by Crippen LogP contribution is 2.24. The fraction of sp³-hybridized carbons (Fsp3) is 0.250. The van der Waals surface area contributed by atoms with E-state index in [2.05, 4.69) is 35.5 Å². The summed E-state index contributed by atoms with van der Waals surface area (Å²) in [5, 5.41) is 20.7. The molecule has 0 saturated carbocycles. The zero-order chi connectivity index (χ0) is 23.6. The van der Waals surface area contributed by atoms with E-state index in [1.807, 2.05) is 0 Å². The van der Waals surface area contributed by atoms with Crippen LogP contribution in [0.4, 0.5) is 21.8 Å². The molecule has 3 aromatic rings. The van der Waals surface area contributed by atoms with Gasteiger partial charge in [-0.05, 0) is 18.2 Å². The van der Waals surface area contributed by atoms with Gasteiger partial charge in [-0.15, -0.1) is 5.10 Å². The van der Waals surface area contributed by atoms with Crippen molar-refractivity contribution in [2.75, 3.05) is 18.9 Å². The number of carbonyl (C=O) groups is 1. The molecule has 4 N–H and O–H groups in total. The fourth-order valence-electron chi connectivity index (χ4n) is 3.33. The van der Waals surface area contributed by atoms with Crippen LogP contribution >= 0.6 is 0 Å². The molecule has 4 rings (SSSR count). The van der Waals surface area contributed by atoms with Gasteiger partial charge in [0.2, 0.25) is 5.95 Å². The second-order valence-electron chi connectivity index (χ2n) is 7.39. The number of aromatic nitrogens is 5. The van der Waals surface area contributed by atoms with Gasteiger partial charge < -0.3 is 21.2 Å². The number of hydrogen-bond donors (Lipinski definition) is 3. The van der Waals surface area contributed by atoms with Gasteiger partial charge in [0.05, 0.1) is 23.8 Å². The molecule has 0 bridgehead atoms. The Morgan fingerprint density at radius 1 is 1.30 bits per heavy atom. The molecule has 33 heavy (non-hydrogen) atoms. The number of rotatable bonds is 6. The van der Waals surface area contributed by atoms with Crippen molar-refractivity contribution in [1.29, 1.82) is 0 Å². The average Bonchev–Trinajstić information content (AvgIpc) is 3.27. The van der Waals surface area contributed by atoms with Gasteiger partial charge >= 0.3 is 0 Å². The maximum Gasteiger partial charge on any atom is 0.260 e. The average molecular weight is 452 g/mol. The summed E-state index contributed by atoms with van der Waals surface area (Å²) in [5.41, 5.74) is -0.800. The van der Waals surface area contributed by atoms with Gasteiger partial charge in [-0.1, -0.05) is 6.07 Å². The van der Waals surface area contributed by atoms with E-state index in [9.17, 15) is 14.3 Å². The number of nitrogens with two attached hydrogens (primary N) is 1. The molecule has 0 spiro atoms. The largest absolute Gasteiger partial charge is 0.374 e. The predicted molar refractivity (Wildman–Crippen MR) is 119 cm³/mol. The number of pyridine rings is 1. The second kappa shape index (κ2) is 8.70. The van der Waals surface area contributed by atoms with E-state index < -0.39 is 17.5 Å². The summed E-state index contributed by atoms with van der Waals surface area (Å²) in [4.78, 5) is 30.8. The van der Waals surface area contributed by atoms with Crippen LogP contribution in [0, 0.1) is 5.95 Å². The van der Waals surface area contributed by atoms with E-state index in [0.717, 1.165) is 0 Å². The molecule has 0 aromatic carbocycles. The molecule has 13 heteroatoms. The number of anilines is 2. The lowest BCUT2D eigenvalue weighted by atomic mass is 9.96. The Balaban J connectivity index is 1.56. The molecule has 4 heterocycles. The number of nitrogens with zero attached hydrogens (tertiary/aromatic N) is 8. The lowest BCUT2D eigenvalue weighted by Gasteiger charge is -2.19. The Morgan fingerprint density at radius 3 is 2.76 bits per heavy atom. The normalized spacial score (nSPS) is 19.0. The van der Waals surface area contributed by atoms with E-state index in [0.29, 0.717) is 17.9 Å². The van der Waals surface area contributed by atoms with E-state index in [-0.39, 0.29) is 29.6 Å². The third-order valence-electron chi connectivity index (χ3n) is 5.07. The van der Waals surface area contributed by atoms with Gasteiger partial charge in [-0.25, -0.2) is 19.9 Å². The van der Waals surface area contributed by atoms with Gasteiger partial charge in [-0.3, -0.25) is 9.48 Å². The van der Waals surface area contributed by atoms with Crippen molar-refractivity contribution < 1.29 is 14.3 Å². The topological polar surface area (TPSA) is 160 Å². The number of hydrazone groups is 1. The smallest absolute Gasteiger partial charge is 0.260 e. The Labute approximate surface area is 187 Å². The number of aliphatic hydroxyl groups is 1. The summed E-state index contributed by atoms with van der Waals surface area (Å²) < 4.78 is 15.1. The molecule has 0 radical (unpaired) electrons. The first-order valence-corrected chi connectivity index (χ1v) is 9.87. The second-order valence-corrected chi connectivity index (χ2v) is 7.39. The van der Waals surface area contributed by atoms with Gasteiger partial charge in [-0.2, -0.15) is 9.49 Å². The third-order valence-corrected chi connectivity index (χ3v) is 5.07. The van der Waals surface area contributed by atoms with E-state index in [1.165, 1.54) is 28.2 Å². The first-order chi connectivity index (χ1) is 15.8. The molecular formula is C20H21FN10O2. The van der Waals surface area contributed by atoms with Gasteiger partial charge in [0.15, 0.2) is 11.4 Å². The number of likely N-dealkylation sites (tertiary alicyclic amines) is 1. The molecule has 170 valence electrons. The highest BCUT2D eigenvalue weighted by molar-refractivity contribution is 6.40. The van der Waals surface area contributed by atoms with Gasteiger partial charge in [0.25, 0.3) is 11.9 Å². The van der Waals surface area contributed by atoms with Crippen LogP contribution in [0.1, 0.15) is 6.42 Å². The van der Waals surface area contributed by atoms with Crippen LogP contribution in [0.15, 0.2) is 46.8 Å². The zero-order valence-electron chi connectivity index (χ0n) is 17.8. The van der Waals surface area contributed by atoms with Crippen molar-refractivity contribution in [3.63, 3.8) is 0 Å². The summed E-state index contributed by atoms with van der Waals surface area (Å²) in [7, 11) is 3.19. The minimum absolute atomic E-state index is 0.0592. The number of hydrogen-bond acceptors (Lipinski definition) is 10. The van der Waals surface area contributed by atoms with Crippen LogP contribution in [-0.4, -0.2) is 71.8 Å². The Kier molecular flexibility index (Phi) is 5.79. The highest BCUT2D eigenvalue weighted by Gasteiger charge is 2.47. The maximum atomic E-state index is 13.8. The molecule has 0 aliphatic carbocycles. The molecule has 1 unspecified atom stereocenters. The fourth-order valence-corrected chi connectivity index (χ4v) is 3.33. The van der Waals surface area contributed by atoms with E-state index in [1.54, 1.807) is 38.4 Å². The third kappa shape index (κ3) is 4.39. The number of nitrogens with one attached hydrogen (secondary N) is 1. The van der Waals surface area contributed by atoms with Gasteiger partial charge in [0.1, 0.15) is 11.4 Å². The number of halogens is 1. The molecule has 1 aliphatic rings. The highest BCUT2D eigenvalue weighted by atomic mass is 19.1. The number of likely N-dealkylation sites (N-methyl/N-ethyl adjacent to an activating group) is 1. The van der Waals surface area contributed by atoms with Crippen molar-refractivity contribution in [2.45, 2.75) is 12.0 Å². The first kappa shape index (κ1) is 22.0. The van der Waals surface area contributed by atoms with E-state index >= 15 is 0 Å². The Bertz CT molecular complexity index is 1260. The molecule has 1 fully saturated rings. The van der Waals surface area contributed by atoms with E-state index in [4.69, 9.17) is 5.84 Å². The molecule has 1 saturated heterocycles. The van der Waals surface area contributed by atoms with Gasteiger partial charge in [0, 0.05) is 33.3 Å². The van der Waals surface area contributed by atoms with Crippen LogP contribution in [0.2, 0.25) is 0 Å². The number of carbonyl (C=O) groups excluding carboxylic acids is 1. The van der Waals surface area contributed by atoms with Crippen molar-refractivity contribution in [2.24, 2.45) is 23.0 Å². The molecule has 1 amide bonds. The minimum atomic E-state index is -1.82. The molecule has 1 atom stereocenters. The summed E-state index contributed by atoms with van der Waals surface area (Å²) in [6, 6.07) is 6.71. The number of aryl methyl sites for hydroxylation is 1. The molecule has 12 nitrogen and oxygen atoms in total. The summed E-state index contributed by atoms with van der Waals surface area (Å²) in [6.07, 6.45) is 4.36. The van der Waals surface area contributed by atoms with Crippen molar-refractivity contribution in [3.05, 3.63) is 42.6 Å². The minimum Gasteiger partial charge on any atom is -0.374 e. The number of aliphatic imine (C=N–C) groups is 1. The van der Waals surface area contributed by atoms with Crippen molar-refractivity contribution in [3.8, 4) is 11.4 Å². The zero-order valence-corrected chi connectivity index (χ0v) is 17.8. The molecule has 3 aromatic heterocycles. The predicted octanol–water partition coefficient (Wildman–Crippen LogP) is 0.765. The van der Waals surface area contributed by atoms with Crippen molar-refractivity contribution in [1.82, 2.24) is 29.6 Å². The summed E-state index contributed by atoms with van der Waals surface area (Å²) in [6.45, 7) is 0.378. The Morgan fingerprint density at radius 2 is 2.09 bits per heavy atom. The summed E-state index contributed by atoms with van der Waals surface area (Å²) >= 11 is 0. The lowest BCUT2D eigenvalue weighted by Crippen LogP contribution is -2.47. The van der Waals surface area contributed by atoms with Crippen LogP contribution in [-0.2, 0) is 11.8 Å². The first-order valence-electron chi connectivity index (χ1n) is 9.87. The van der Waals surface area contributed by atoms with Crippen molar-refractivity contribution >= 4 is 35.3 Å². The van der Waals surface area contributed by atoms with Crippen LogP contribution < -0.4 is 11.2 Å². The monoisotopic (exact) mass is 452 g/mol. The SMILES string of the molecule is CN1CCC(O)(C(/C=N/c2cccc(-c3ccnc(Nc4cn(C)nc4F)n3)n2)=N/N)C1=O. The summed E-state index contributed by atoms with van der Waals surface area (Å²) in [5.74, 6) is 4.69. The molecule has 1 aliphatic heterocycles.